The van der Waals surface area contributed by atoms with E-state index in [1.165, 1.54) is 0 Å². The normalized spacial score (nSPS) is 11.6. The van der Waals surface area contributed by atoms with Crippen LogP contribution in [0.25, 0.3) is 21.8 Å². The predicted molar refractivity (Wildman–Crippen MR) is 104 cm³/mol. The van der Waals surface area contributed by atoms with Crippen LogP contribution in [0.4, 0.5) is 0 Å². The Labute approximate surface area is 152 Å². The van der Waals surface area contributed by atoms with E-state index in [1.54, 1.807) is 17.9 Å². The highest BCUT2D eigenvalue weighted by Gasteiger charge is 2.21. The molecule has 3 aromatic rings. The second-order valence-corrected chi connectivity index (χ2v) is 6.94. The van der Waals surface area contributed by atoms with Crippen molar-refractivity contribution >= 4 is 27.7 Å². The number of hydrogen-bond acceptors (Lipinski definition) is 3. The molecule has 0 bridgehead atoms. The molecule has 0 aliphatic carbocycles. The quantitative estimate of drug-likeness (QED) is 0.691. The van der Waals surface area contributed by atoms with Gasteiger partial charge in [-0.2, -0.15) is 0 Å². The Morgan fingerprint density at radius 2 is 2.00 bits per heavy atom. The molecule has 0 aliphatic heterocycles. The van der Waals surface area contributed by atoms with Crippen LogP contribution in [0, 0.1) is 5.92 Å². The summed E-state index contributed by atoms with van der Waals surface area (Å²) in [6, 6.07) is 7.78. The standard InChI is InChI=1S/C20H25N3O3/c1-13(2)11-23-12-15(19(24)21-9-10-26-4)17-14-7-5-6-8-16(14)22(3)18(17)20(23)25/h5-8,12-13H,9-11H2,1-4H3,(H,21,24). The average molecular weight is 355 g/mol. The molecular formula is C20H25N3O3. The number of fused-ring (bicyclic) bond motifs is 3. The first kappa shape index (κ1) is 18.2. The van der Waals surface area contributed by atoms with Gasteiger partial charge in [0.2, 0.25) is 0 Å². The van der Waals surface area contributed by atoms with E-state index in [0.717, 1.165) is 10.9 Å². The van der Waals surface area contributed by atoms with Crippen LogP contribution >= 0.6 is 0 Å². The third kappa shape index (κ3) is 3.12. The Morgan fingerprint density at radius 1 is 1.27 bits per heavy atom. The summed E-state index contributed by atoms with van der Waals surface area (Å²) in [4.78, 5) is 25.9. The molecule has 6 nitrogen and oxygen atoms in total. The fourth-order valence-corrected chi connectivity index (χ4v) is 3.39. The number of amides is 1. The van der Waals surface area contributed by atoms with Crippen molar-refractivity contribution in [1.29, 1.82) is 0 Å². The minimum atomic E-state index is -0.194. The Bertz CT molecular complexity index is 1010. The fourth-order valence-electron chi connectivity index (χ4n) is 3.39. The number of ether oxygens (including phenoxy) is 1. The molecule has 2 heterocycles. The number of pyridine rings is 1. The first-order chi connectivity index (χ1) is 12.5. The van der Waals surface area contributed by atoms with Crippen LogP contribution in [-0.4, -0.2) is 35.3 Å². The van der Waals surface area contributed by atoms with Gasteiger partial charge in [0.25, 0.3) is 11.5 Å². The highest BCUT2D eigenvalue weighted by molar-refractivity contribution is 6.17. The maximum Gasteiger partial charge on any atom is 0.275 e. The molecule has 0 saturated heterocycles. The largest absolute Gasteiger partial charge is 0.383 e. The Hall–Kier alpha value is -2.60. The van der Waals surface area contributed by atoms with E-state index in [9.17, 15) is 9.59 Å². The van der Waals surface area contributed by atoms with Gasteiger partial charge in [-0.05, 0) is 12.0 Å². The maximum absolute atomic E-state index is 13.1. The summed E-state index contributed by atoms with van der Waals surface area (Å²) in [5.41, 5.74) is 1.95. The number of nitrogens with zero attached hydrogens (tertiary/aromatic N) is 2. The van der Waals surface area contributed by atoms with Crippen molar-refractivity contribution < 1.29 is 9.53 Å². The van der Waals surface area contributed by atoms with Crippen LogP contribution in [0.1, 0.15) is 24.2 Å². The summed E-state index contributed by atoms with van der Waals surface area (Å²) in [7, 11) is 3.47. The lowest BCUT2D eigenvalue weighted by molar-refractivity contribution is 0.0938. The van der Waals surface area contributed by atoms with Crippen LogP contribution in [0.15, 0.2) is 35.3 Å². The van der Waals surface area contributed by atoms with Gasteiger partial charge in [-0.3, -0.25) is 9.59 Å². The van der Waals surface area contributed by atoms with Crippen molar-refractivity contribution in [2.75, 3.05) is 20.3 Å². The molecule has 3 rings (SSSR count). The molecule has 0 radical (unpaired) electrons. The van der Waals surface area contributed by atoms with E-state index in [0.29, 0.717) is 42.1 Å². The molecule has 0 spiro atoms. The molecule has 0 atom stereocenters. The molecule has 26 heavy (non-hydrogen) atoms. The van der Waals surface area contributed by atoms with E-state index < -0.39 is 0 Å². The highest BCUT2D eigenvalue weighted by Crippen LogP contribution is 2.29. The van der Waals surface area contributed by atoms with Crippen LogP contribution in [0.3, 0.4) is 0 Å². The summed E-state index contributed by atoms with van der Waals surface area (Å²) in [6.45, 7) is 5.53. The number of para-hydroxylation sites is 1. The van der Waals surface area contributed by atoms with Crippen molar-refractivity contribution in [3.63, 3.8) is 0 Å². The summed E-state index contributed by atoms with van der Waals surface area (Å²) in [5.74, 6) is 0.102. The van der Waals surface area contributed by atoms with Crippen LogP contribution < -0.4 is 10.9 Å². The number of carbonyl (C=O) groups excluding carboxylic acids is 1. The highest BCUT2D eigenvalue weighted by atomic mass is 16.5. The van der Waals surface area contributed by atoms with Gasteiger partial charge >= 0.3 is 0 Å². The predicted octanol–water partition coefficient (Wildman–Crippen LogP) is 2.53. The van der Waals surface area contributed by atoms with Gasteiger partial charge in [-0.25, -0.2) is 0 Å². The third-order valence-electron chi connectivity index (χ3n) is 4.52. The van der Waals surface area contributed by atoms with E-state index in [1.807, 2.05) is 35.9 Å². The van der Waals surface area contributed by atoms with Gasteiger partial charge in [-0.1, -0.05) is 32.0 Å². The van der Waals surface area contributed by atoms with Crippen molar-refractivity contribution in [2.24, 2.45) is 13.0 Å². The molecule has 1 N–H and O–H groups in total. The molecule has 1 amide bonds. The summed E-state index contributed by atoms with van der Waals surface area (Å²) in [6.07, 6.45) is 1.69. The van der Waals surface area contributed by atoms with Gasteiger partial charge in [0.15, 0.2) is 0 Å². The number of benzene rings is 1. The van der Waals surface area contributed by atoms with Gasteiger partial charge in [0, 0.05) is 49.7 Å². The Kier molecular flexibility index (Phi) is 5.13. The molecule has 2 aromatic heterocycles. The fraction of sp³-hybridized carbons (Fsp3) is 0.400. The lowest BCUT2D eigenvalue weighted by Gasteiger charge is -2.13. The third-order valence-corrected chi connectivity index (χ3v) is 4.52. The molecule has 138 valence electrons. The molecule has 1 aromatic carbocycles. The first-order valence-electron chi connectivity index (χ1n) is 8.83. The zero-order valence-corrected chi connectivity index (χ0v) is 15.7. The van der Waals surface area contributed by atoms with Crippen LogP contribution in [0.5, 0.6) is 0 Å². The molecule has 0 fully saturated rings. The summed E-state index contributed by atoms with van der Waals surface area (Å²) < 4.78 is 8.55. The smallest absolute Gasteiger partial charge is 0.275 e. The number of aryl methyl sites for hydroxylation is 1. The summed E-state index contributed by atoms with van der Waals surface area (Å²) >= 11 is 0. The maximum atomic E-state index is 13.1. The lowest BCUT2D eigenvalue weighted by atomic mass is 10.1. The van der Waals surface area contributed by atoms with E-state index in [4.69, 9.17) is 4.74 Å². The lowest BCUT2D eigenvalue weighted by Crippen LogP contribution is -2.30. The SMILES string of the molecule is COCCNC(=O)c1cn(CC(C)C)c(=O)c2c1c1ccccc1n2C. The molecule has 6 heteroatoms. The topological polar surface area (TPSA) is 65.3 Å². The van der Waals surface area contributed by atoms with Crippen molar-refractivity contribution in [1.82, 2.24) is 14.5 Å². The molecular weight excluding hydrogens is 330 g/mol. The van der Waals surface area contributed by atoms with Crippen molar-refractivity contribution in [3.05, 3.63) is 46.4 Å². The second kappa shape index (κ2) is 7.33. The Balaban J connectivity index is 2.30. The van der Waals surface area contributed by atoms with E-state index in [-0.39, 0.29) is 11.5 Å². The molecule has 0 saturated carbocycles. The van der Waals surface area contributed by atoms with Crippen molar-refractivity contribution in [2.45, 2.75) is 20.4 Å². The number of rotatable bonds is 6. The van der Waals surface area contributed by atoms with E-state index >= 15 is 0 Å². The first-order valence-corrected chi connectivity index (χ1v) is 8.83. The van der Waals surface area contributed by atoms with Crippen LogP contribution in [-0.2, 0) is 18.3 Å². The number of hydrogen-bond donors (Lipinski definition) is 1. The van der Waals surface area contributed by atoms with Gasteiger partial charge in [0.05, 0.1) is 12.2 Å². The van der Waals surface area contributed by atoms with E-state index in [2.05, 4.69) is 19.2 Å². The van der Waals surface area contributed by atoms with Gasteiger partial charge < -0.3 is 19.2 Å². The van der Waals surface area contributed by atoms with Crippen molar-refractivity contribution in [3.8, 4) is 0 Å². The second-order valence-electron chi connectivity index (χ2n) is 6.94. The molecule has 0 unspecified atom stereocenters. The number of carbonyl (C=O) groups is 1. The number of nitrogens with one attached hydrogen (secondary N) is 1. The molecule has 0 aliphatic rings. The Morgan fingerprint density at radius 3 is 2.69 bits per heavy atom. The number of methoxy groups -OCH3 is 1. The average Bonchev–Trinajstić information content (AvgIpc) is 2.91. The minimum absolute atomic E-state index is 0.0687. The number of aromatic nitrogens is 2. The van der Waals surface area contributed by atoms with Crippen LogP contribution in [0.2, 0.25) is 0 Å². The monoisotopic (exact) mass is 355 g/mol. The zero-order valence-electron chi connectivity index (χ0n) is 15.7. The zero-order chi connectivity index (χ0) is 18.8. The summed E-state index contributed by atoms with van der Waals surface area (Å²) in [5, 5.41) is 4.50. The van der Waals surface area contributed by atoms with Gasteiger partial charge in [0.1, 0.15) is 5.52 Å². The van der Waals surface area contributed by atoms with Gasteiger partial charge in [-0.15, -0.1) is 0 Å². The minimum Gasteiger partial charge on any atom is -0.383 e.